The molecule has 2 heterocycles. The van der Waals surface area contributed by atoms with Crippen molar-refractivity contribution in [2.24, 2.45) is 0 Å². The van der Waals surface area contributed by atoms with E-state index in [4.69, 9.17) is 14.6 Å². The van der Waals surface area contributed by atoms with Crippen LogP contribution in [-0.4, -0.2) is 76.7 Å². The van der Waals surface area contributed by atoms with Crippen LogP contribution in [0.5, 0.6) is 0 Å². The first-order valence-electron chi connectivity index (χ1n) is 12.0. The molecule has 2 atom stereocenters. The van der Waals surface area contributed by atoms with E-state index in [9.17, 15) is 9.59 Å². The van der Waals surface area contributed by atoms with Crippen molar-refractivity contribution in [3.8, 4) is 0 Å². The molecular formula is C26H38N4O7. The number of carbonyl (C=O) groups excluding carboxylic acids is 2. The third kappa shape index (κ3) is 12.8. The SMILES string of the molecule is CCOC(=O)c1ccn[nH]1.CCOC(=O)c1ccnn1[C@@H](C)COCc1ccccc1.COC[C@@H](C)O. The number of hydrogen-bond donors (Lipinski definition) is 2. The molecule has 11 heteroatoms. The first-order valence-corrected chi connectivity index (χ1v) is 12.0. The molecule has 204 valence electrons. The number of aromatic amines is 1. The van der Waals surface area contributed by atoms with Crippen molar-refractivity contribution < 1.29 is 33.6 Å². The third-order valence-corrected chi connectivity index (χ3v) is 4.45. The lowest BCUT2D eigenvalue weighted by Gasteiger charge is -2.15. The van der Waals surface area contributed by atoms with Crippen molar-refractivity contribution in [2.75, 3.05) is 33.5 Å². The fraction of sp³-hybridized carbons (Fsp3) is 0.462. The number of nitrogens with one attached hydrogen (secondary N) is 1. The van der Waals surface area contributed by atoms with Gasteiger partial charge in [0.1, 0.15) is 11.4 Å². The second kappa shape index (κ2) is 18.7. The normalized spacial score (nSPS) is 11.7. The van der Waals surface area contributed by atoms with E-state index in [0.717, 1.165) is 5.56 Å². The lowest BCUT2D eigenvalue weighted by molar-refractivity contribution is 0.0492. The Morgan fingerprint density at radius 2 is 1.65 bits per heavy atom. The number of ether oxygens (including phenoxy) is 4. The molecule has 0 radical (unpaired) electrons. The maximum Gasteiger partial charge on any atom is 0.356 e. The number of aromatic nitrogens is 4. The van der Waals surface area contributed by atoms with Crippen LogP contribution in [-0.2, 0) is 25.6 Å². The van der Waals surface area contributed by atoms with Gasteiger partial charge in [-0.1, -0.05) is 30.3 Å². The van der Waals surface area contributed by atoms with Gasteiger partial charge in [0.25, 0.3) is 0 Å². The standard InChI is InChI=1S/C16H20N2O3.C6H8N2O2.C4H10O2/c1-3-21-16(19)15-9-10-17-18(15)13(2)11-20-12-14-7-5-4-6-8-14;1-2-10-6(9)5-3-4-7-8-5;1-4(5)3-6-2/h4-10,13H,3,11-12H2,1-2H3;3-4H,2H2,1H3,(H,7,8);4-5H,3H2,1-2H3/t13-;;4-/m0.1/s1. The van der Waals surface area contributed by atoms with E-state index in [1.165, 1.54) is 6.20 Å². The summed E-state index contributed by atoms with van der Waals surface area (Å²) in [6.07, 6.45) is 2.78. The van der Waals surface area contributed by atoms with E-state index in [1.54, 1.807) is 50.9 Å². The van der Waals surface area contributed by atoms with Crippen LogP contribution in [0.25, 0.3) is 0 Å². The summed E-state index contributed by atoms with van der Waals surface area (Å²) in [6.45, 7) is 9.37. The molecule has 11 nitrogen and oxygen atoms in total. The Bertz CT molecular complexity index is 992. The predicted octanol–water partition coefficient (Wildman–Crippen LogP) is 3.44. The van der Waals surface area contributed by atoms with Gasteiger partial charge >= 0.3 is 11.9 Å². The molecule has 2 N–H and O–H groups in total. The van der Waals surface area contributed by atoms with Crippen LogP contribution in [0.15, 0.2) is 54.9 Å². The number of aliphatic hydroxyl groups is 1. The number of hydrogen-bond acceptors (Lipinski definition) is 9. The summed E-state index contributed by atoms with van der Waals surface area (Å²) >= 11 is 0. The molecule has 0 spiro atoms. The van der Waals surface area contributed by atoms with E-state index >= 15 is 0 Å². The molecule has 37 heavy (non-hydrogen) atoms. The number of rotatable bonds is 11. The Hall–Kier alpha value is -3.54. The zero-order valence-corrected chi connectivity index (χ0v) is 22.1. The minimum Gasteiger partial charge on any atom is -0.461 e. The minimum absolute atomic E-state index is 0.0388. The lowest BCUT2D eigenvalue weighted by Crippen LogP contribution is -2.20. The number of aliphatic hydroxyl groups excluding tert-OH is 1. The molecule has 2 aromatic heterocycles. The molecule has 3 aromatic rings. The second-order valence-corrected chi connectivity index (χ2v) is 7.73. The van der Waals surface area contributed by atoms with Gasteiger partial charge in [-0.2, -0.15) is 10.2 Å². The molecular weight excluding hydrogens is 480 g/mol. The maximum absolute atomic E-state index is 11.8. The molecule has 0 aliphatic carbocycles. The summed E-state index contributed by atoms with van der Waals surface area (Å²) in [7, 11) is 1.56. The molecule has 0 bridgehead atoms. The molecule has 1 aromatic carbocycles. The summed E-state index contributed by atoms with van der Waals surface area (Å²) in [4.78, 5) is 22.6. The monoisotopic (exact) mass is 518 g/mol. The zero-order valence-electron chi connectivity index (χ0n) is 22.1. The quantitative estimate of drug-likeness (QED) is 0.366. The summed E-state index contributed by atoms with van der Waals surface area (Å²) in [5, 5.41) is 18.7. The number of H-pyrrole nitrogens is 1. The van der Waals surface area contributed by atoms with Gasteiger partial charge in [0.15, 0.2) is 0 Å². The molecule has 3 rings (SSSR count). The first-order chi connectivity index (χ1) is 17.8. The summed E-state index contributed by atoms with van der Waals surface area (Å²) < 4.78 is 21.6. The van der Waals surface area contributed by atoms with E-state index in [1.807, 2.05) is 37.3 Å². The van der Waals surface area contributed by atoms with Gasteiger partial charge in [-0.25, -0.2) is 9.59 Å². The Kier molecular flexibility index (Phi) is 15.9. The van der Waals surface area contributed by atoms with Crippen LogP contribution < -0.4 is 0 Å². The zero-order chi connectivity index (χ0) is 27.5. The molecule has 0 saturated carbocycles. The van der Waals surface area contributed by atoms with Crippen molar-refractivity contribution in [3.05, 3.63) is 71.8 Å². The second-order valence-electron chi connectivity index (χ2n) is 7.73. The van der Waals surface area contributed by atoms with Crippen molar-refractivity contribution in [2.45, 2.75) is 46.4 Å². The topological polar surface area (TPSA) is 138 Å². The average molecular weight is 519 g/mol. The highest BCUT2D eigenvalue weighted by atomic mass is 16.5. The van der Waals surface area contributed by atoms with Gasteiger partial charge < -0.3 is 24.1 Å². The van der Waals surface area contributed by atoms with Crippen LogP contribution >= 0.6 is 0 Å². The minimum atomic E-state index is -0.361. The summed E-state index contributed by atoms with van der Waals surface area (Å²) in [5.41, 5.74) is 1.96. The number of benzene rings is 1. The Labute approximate surface area is 217 Å². The van der Waals surface area contributed by atoms with Crippen LogP contribution in [0, 0.1) is 0 Å². The van der Waals surface area contributed by atoms with Crippen molar-refractivity contribution in [1.82, 2.24) is 20.0 Å². The smallest absolute Gasteiger partial charge is 0.356 e. The summed E-state index contributed by atoms with van der Waals surface area (Å²) in [6, 6.07) is 13.2. The van der Waals surface area contributed by atoms with Gasteiger partial charge in [-0.3, -0.25) is 9.78 Å². The van der Waals surface area contributed by atoms with E-state index < -0.39 is 0 Å². The van der Waals surface area contributed by atoms with Crippen LogP contribution in [0.1, 0.15) is 60.3 Å². The molecule has 0 amide bonds. The number of carbonyl (C=O) groups is 2. The Morgan fingerprint density at radius 3 is 2.19 bits per heavy atom. The number of esters is 2. The maximum atomic E-state index is 11.8. The van der Waals surface area contributed by atoms with Gasteiger partial charge in [-0.05, 0) is 45.4 Å². The van der Waals surface area contributed by atoms with Crippen molar-refractivity contribution in [3.63, 3.8) is 0 Å². The van der Waals surface area contributed by atoms with Crippen molar-refractivity contribution >= 4 is 11.9 Å². The Balaban J connectivity index is 0.000000353. The van der Waals surface area contributed by atoms with E-state index in [0.29, 0.717) is 44.4 Å². The van der Waals surface area contributed by atoms with E-state index in [2.05, 4.69) is 24.8 Å². The van der Waals surface area contributed by atoms with Crippen LogP contribution in [0.2, 0.25) is 0 Å². The molecule has 0 unspecified atom stereocenters. The first kappa shape index (κ1) is 31.5. The highest BCUT2D eigenvalue weighted by Gasteiger charge is 2.17. The van der Waals surface area contributed by atoms with Gasteiger partial charge in [0, 0.05) is 19.5 Å². The fourth-order valence-electron chi connectivity index (χ4n) is 2.84. The molecule has 0 aliphatic heterocycles. The van der Waals surface area contributed by atoms with Crippen LogP contribution in [0.4, 0.5) is 0 Å². The van der Waals surface area contributed by atoms with Crippen molar-refractivity contribution in [1.29, 1.82) is 0 Å². The molecule has 0 saturated heterocycles. The fourth-order valence-corrected chi connectivity index (χ4v) is 2.84. The van der Waals surface area contributed by atoms with E-state index in [-0.39, 0.29) is 24.1 Å². The third-order valence-electron chi connectivity index (χ3n) is 4.45. The average Bonchev–Trinajstić information content (AvgIpc) is 3.59. The molecule has 0 aliphatic rings. The highest BCUT2D eigenvalue weighted by Crippen LogP contribution is 2.12. The molecule has 0 fully saturated rings. The van der Waals surface area contributed by atoms with Gasteiger partial charge in [-0.15, -0.1) is 0 Å². The number of methoxy groups -OCH3 is 1. The van der Waals surface area contributed by atoms with Crippen LogP contribution in [0.3, 0.4) is 0 Å². The van der Waals surface area contributed by atoms with Gasteiger partial charge in [0.2, 0.25) is 0 Å². The largest absolute Gasteiger partial charge is 0.461 e. The van der Waals surface area contributed by atoms with Gasteiger partial charge in [0.05, 0.1) is 45.2 Å². The Morgan fingerprint density at radius 1 is 0.973 bits per heavy atom. The lowest BCUT2D eigenvalue weighted by atomic mass is 10.2. The predicted molar refractivity (Wildman–Crippen MR) is 137 cm³/mol. The highest BCUT2D eigenvalue weighted by molar-refractivity contribution is 5.87. The number of nitrogens with zero attached hydrogens (tertiary/aromatic N) is 3. The summed E-state index contributed by atoms with van der Waals surface area (Å²) in [5.74, 6) is -0.718.